The Hall–Kier alpha value is -3.50. The fourth-order valence-electron chi connectivity index (χ4n) is 3.64. The number of nitrogens with one attached hydrogen (secondary N) is 2. The van der Waals surface area contributed by atoms with Gasteiger partial charge >= 0.3 is 0 Å². The highest BCUT2D eigenvalue weighted by Gasteiger charge is 2.35. The summed E-state index contributed by atoms with van der Waals surface area (Å²) in [5.41, 5.74) is 2.10. The molecule has 35 heavy (non-hydrogen) atoms. The minimum Gasteiger partial charge on any atom is -0.497 e. The van der Waals surface area contributed by atoms with Crippen LogP contribution in [0.2, 0.25) is 5.02 Å². The van der Waals surface area contributed by atoms with Gasteiger partial charge in [-0.3, -0.25) is 14.4 Å². The van der Waals surface area contributed by atoms with E-state index in [4.69, 9.17) is 16.3 Å². The molecule has 2 aromatic carbocycles. The normalized spacial score (nSPS) is 15.2. The summed E-state index contributed by atoms with van der Waals surface area (Å²) in [6.45, 7) is 2.52. The number of carbonyl (C=O) groups excluding carboxylic acids is 3. The molecule has 11 heteroatoms. The summed E-state index contributed by atoms with van der Waals surface area (Å²) < 4.78 is 5.14. The Balaban J connectivity index is 1.27. The third-order valence-electron chi connectivity index (χ3n) is 5.62. The maximum Gasteiger partial charge on any atom is 0.251 e. The van der Waals surface area contributed by atoms with Gasteiger partial charge in [0.15, 0.2) is 0 Å². The molecule has 3 amide bonds. The van der Waals surface area contributed by atoms with Crippen LogP contribution in [0.4, 0.5) is 10.8 Å². The number of halogens is 1. The number of ether oxygens (including phenoxy) is 1. The molecule has 1 aliphatic rings. The predicted octanol–water partition coefficient (Wildman–Crippen LogP) is 3.47. The number of aromatic nitrogens is 2. The number of hydrogen-bond acceptors (Lipinski definition) is 7. The van der Waals surface area contributed by atoms with Gasteiger partial charge in [0, 0.05) is 42.2 Å². The van der Waals surface area contributed by atoms with Crippen LogP contribution in [-0.2, 0) is 16.0 Å². The molecule has 2 N–H and O–H groups in total. The van der Waals surface area contributed by atoms with E-state index in [2.05, 4.69) is 20.8 Å². The highest BCUT2D eigenvalue weighted by atomic mass is 35.5. The van der Waals surface area contributed by atoms with E-state index < -0.39 is 5.92 Å². The van der Waals surface area contributed by atoms with Gasteiger partial charge < -0.3 is 20.3 Å². The first-order valence-corrected chi connectivity index (χ1v) is 12.2. The minimum atomic E-state index is -0.503. The molecular formula is C24H24ClN5O4S. The molecule has 182 valence electrons. The monoisotopic (exact) mass is 513 g/mol. The molecule has 1 unspecified atom stereocenters. The zero-order valence-electron chi connectivity index (χ0n) is 19.2. The van der Waals surface area contributed by atoms with E-state index in [1.54, 1.807) is 42.3 Å². The Kier molecular flexibility index (Phi) is 7.62. The Morgan fingerprint density at radius 1 is 1.23 bits per heavy atom. The number of benzene rings is 2. The van der Waals surface area contributed by atoms with E-state index in [9.17, 15) is 14.4 Å². The summed E-state index contributed by atoms with van der Waals surface area (Å²) in [4.78, 5) is 39.1. The van der Waals surface area contributed by atoms with Crippen molar-refractivity contribution in [1.29, 1.82) is 0 Å². The number of carbonyl (C=O) groups is 3. The quantitative estimate of drug-likeness (QED) is 0.477. The van der Waals surface area contributed by atoms with E-state index in [0.29, 0.717) is 45.1 Å². The first-order chi connectivity index (χ1) is 16.8. The highest BCUT2D eigenvalue weighted by molar-refractivity contribution is 7.15. The number of anilines is 2. The van der Waals surface area contributed by atoms with Gasteiger partial charge in [0.05, 0.1) is 13.0 Å². The van der Waals surface area contributed by atoms with Gasteiger partial charge in [0.25, 0.3) is 5.91 Å². The Morgan fingerprint density at radius 2 is 2.06 bits per heavy atom. The second kappa shape index (κ2) is 10.8. The van der Waals surface area contributed by atoms with Crippen LogP contribution in [0, 0.1) is 12.8 Å². The van der Waals surface area contributed by atoms with Crippen molar-refractivity contribution in [2.45, 2.75) is 19.8 Å². The molecule has 0 spiro atoms. The standard InChI is InChI=1S/C24H24ClN5O4S/c1-14-6-7-17(12-19(14)25)30-13-16(11-21(30)31)23(33)27-24-29-28-20(35-24)8-9-26-22(32)15-4-3-5-18(10-15)34-2/h3-7,10,12,16H,8-9,11,13H2,1-2H3,(H,26,32)(H,27,29,33). The predicted molar refractivity (Wildman–Crippen MR) is 134 cm³/mol. The first-order valence-electron chi connectivity index (χ1n) is 11.0. The van der Waals surface area contributed by atoms with Crippen LogP contribution in [0.3, 0.4) is 0 Å². The highest BCUT2D eigenvalue weighted by Crippen LogP contribution is 2.29. The van der Waals surface area contributed by atoms with Gasteiger partial charge in [0.1, 0.15) is 10.8 Å². The van der Waals surface area contributed by atoms with E-state index in [-0.39, 0.29) is 30.7 Å². The van der Waals surface area contributed by atoms with Crippen LogP contribution < -0.4 is 20.3 Å². The summed E-state index contributed by atoms with van der Waals surface area (Å²) in [7, 11) is 1.55. The van der Waals surface area contributed by atoms with Gasteiger partial charge in [-0.15, -0.1) is 10.2 Å². The smallest absolute Gasteiger partial charge is 0.251 e. The first kappa shape index (κ1) is 24.6. The van der Waals surface area contributed by atoms with Gasteiger partial charge in [0.2, 0.25) is 16.9 Å². The van der Waals surface area contributed by atoms with Crippen molar-refractivity contribution in [1.82, 2.24) is 15.5 Å². The van der Waals surface area contributed by atoms with Gasteiger partial charge in [-0.1, -0.05) is 35.1 Å². The van der Waals surface area contributed by atoms with Crippen molar-refractivity contribution in [3.8, 4) is 5.75 Å². The van der Waals surface area contributed by atoms with Crippen molar-refractivity contribution in [2.75, 3.05) is 30.4 Å². The molecule has 0 aliphatic carbocycles. The zero-order valence-corrected chi connectivity index (χ0v) is 20.8. The Labute approximate surface area is 211 Å². The maximum absolute atomic E-state index is 12.7. The molecule has 1 aromatic heterocycles. The second-order valence-corrected chi connectivity index (χ2v) is 9.54. The van der Waals surface area contributed by atoms with Crippen molar-refractivity contribution in [3.63, 3.8) is 0 Å². The molecule has 3 aromatic rings. The zero-order chi connectivity index (χ0) is 24.9. The molecular weight excluding hydrogens is 490 g/mol. The van der Waals surface area contributed by atoms with Gasteiger partial charge in [-0.05, 0) is 42.8 Å². The van der Waals surface area contributed by atoms with Gasteiger partial charge in [-0.2, -0.15) is 0 Å². The number of methoxy groups -OCH3 is 1. The lowest BCUT2D eigenvalue weighted by Crippen LogP contribution is -2.28. The summed E-state index contributed by atoms with van der Waals surface area (Å²) >= 11 is 7.42. The number of aryl methyl sites for hydroxylation is 1. The van der Waals surface area contributed by atoms with Crippen LogP contribution in [0.15, 0.2) is 42.5 Å². The topological polar surface area (TPSA) is 114 Å². The van der Waals surface area contributed by atoms with Gasteiger partial charge in [-0.25, -0.2) is 0 Å². The molecule has 1 fully saturated rings. The molecule has 1 aliphatic heterocycles. The number of amides is 3. The third-order valence-corrected chi connectivity index (χ3v) is 6.92. The second-order valence-electron chi connectivity index (χ2n) is 8.07. The third kappa shape index (κ3) is 5.95. The number of hydrogen-bond donors (Lipinski definition) is 2. The number of rotatable bonds is 8. The SMILES string of the molecule is COc1cccc(C(=O)NCCc2nnc(NC(=O)C3CC(=O)N(c4ccc(C)c(Cl)c4)C3)s2)c1. The largest absolute Gasteiger partial charge is 0.497 e. The molecule has 0 radical (unpaired) electrons. The van der Waals surface area contributed by atoms with E-state index in [1.165, 1.54) is 11.3 Å². The fourth-order valence-corrected chi connectivity index (χ4v) is 4.56. The van der Waals surface area contributed by atoms with E-state index in [0.717, 1.165) is 5.56 Å². The molecule has 1 saturated heterocycles. The van der Waals surface area contributed by atoms with E-state index in [1.807, 2.05) is 19.1 Å². The lowest BCUT2D eigenvalue weighted by atomic mass is 10.1. The van der Waals surface area contributed by atoms with Crippen molar-refractivity contribution >= 4 is 51.5 Å². The van der Waals surface area contributed by atoms with Crippen LogP contribution >= 0.6 is 22.9 Å². The average molecular weight is 514 g/mol. The lowest BCUT2D eigenvalue weighted by molar-refractivity contribution is -0.122. The molecule has 4 rings (SSSR count). The van der Waals surface area contributed by atoms with Crippen molar-refractivity contribution in [3.05, 3.63) is 63.6 Å². The molecule has 2 heterocycles. The summed E-state index contributed by atoms with van der Waals surface area (Å²) in [6.07, 6.45) is 0.576. The fraction of sp³-hybridized carbons (Fsp3) is 0.292. The average Bonchev–Trinajstić information content (AvgIpc) is 3.47. The summed E-state index contributed by atoms with van der Waals surface area (Å²) in [6, 6.07) is 12.3. The molecule has 0 saturated carbocycles. The summed E-state index contributed by atoms with van der Waals surface area (Å²) in [5.74, 6) is -0.524. The molecule has 9 nitrogen and oxygen atoms in total. The van der Waals surface area contributed by atoms with Crippen LogP contribution in [0.5, 0.6) is 5.75 Å². The number of nitrogens with zero attached hydrogens (tertiary/aromatic N) is 3. The molecule has 1 atom stereocenters. The van der Waals surface area contributed by atoms with Crippen LogP contribution in [-0.4, -0.2) is 48.1 Å². The molecule has 0 bridgehead atoms. The Bertz CT molecular complexity index is 1260. The van der Waals surface area contributed by atoms with Crippen molar-refractivity contribution < 1.29 is 19.1 Å². The van der Waals surface area contributed by atoms with Crippen molar-refractivity contribution in [2.24, 2.45) is 5.92 Å². The van der Waals surface area contributed by atoms with Crippen LogP contribution in [0.1, 0.15) is 27.3 Å². The Morgan fingerprint density at radius 3 is 2.83 bits per heavy atom. The maximum atomic E-state index is 12.7. The lowest BCUT2D eigenvalue weighted by Gasteiger charge is -2.17. The summed E-state index contributed by atoms with van der Waals surface area (Å²) in [5, 5.41) is 15.3. The minimum absolute atomic E-state index is 0.110. The van der Waals surface area contributed by atoms with Crippen LogP contribution in [0.25, 0.3) is 0 Å². The van der Waals surface area contributed by atoms with E-state index >= 15 is 0 Å².